The molecule has 0 spiro atoms. The molecule has 3 rings (SSSR count). The molecule has 0 unspecified atom stereocenters. The summed E-state index contributed by atoms with van der Waals surface area (Å²) < 4.78 is 0. The van der Waals surface area contributed by atoms with Crippen molar-refractivity contribution in [2.45, 2.75) is 13.8 Å². The van der Waals surface area contributed by atoms with E-state index in [2.05, 4.69) is 47.8 Å². The largest absolute Gasteiger partial charge is 0.340 e. The molecule has 21 heavy (non-hydrogen) atoms. The molecule has 3 aromatic rings. The van der Waals surface area contributed by atoms with Crippen molar-refractivity contribution in [3.8, 4) is 0 Å². The smallest absolute Gasteiger partial charge is 0.141 e. The standard InChI is InChI=1S/C18H17N3/c1-4-14-6-5-7-15(10-14)21-18-16-8-12(2)13(3)9-17(16)19-11-20-18/h4-11H,1H2,2-3H3,(H,19,20,21). The average molecular weight is 275 g/mol. The monoisotopic (exact) mass is 275 g/mol. The van der Waals surface area contributed by atoms with Gasteiger partial charge in [0.15, 0.2) is 0 Å². The Bertz CT molecular complexity index is 822. The molecule has 0 fully saturated rings. The minimum atomic E-state index is 0.823. The Balaban J connectivity index is 2.07. The van der Waals surface area contributed by atoms with Crippen molar-refractivity contribution in [1.82, 2.24) is 9.97 Å². The van der Waals surface area contributed by atoms with Crippen LogP contribution in [0.1, 0.15) is 16.7 Å². The lowest BCUT2D eigenvalue weighted by molar-refractivity contribution is 1.21. The van der Waals surface area contributed by atoms with E-state index in [9.17, 15) is 0 Å². The highest BCUT2D eigenvalue weighted by atomic mass is 15.0. The zero-order chi connectivity index (χ0) is 14.8. The fraction of sp³-hybridized carbons (Fsp3) is 0.111. The quantitative estimate of drug-likeness (QED) is 0.757. The summed E-state index contributed by atoms with van der Waals surface area (Å²) in [5.41, 5.74) is 5.49. The summed E-state index contributed by atoms with van der Waals surface area (Å²) in [5, 5.41) is 4.40. The first-order chi connectivity index (χ1) is 10.2. The lowest BCUT2D eigenvalue weighted by atomic mass is 10.1. The van der Waals surface area contributed by atoms with Crippen molar-refractivity contribution in [3.05, 3.63) is 66.0 Å². The molecule has 3 nitrogen and oxygen atoms in total. The fourth-order valence-electron chi connectivity index (χ4n) is 2.30. The average Bonchev–Trinajstić information content (AvgIpc) is 2.49. The van der Waals surface area contributed by atoms with E-state index in [1.54, 1.807) is 6.33 Å². The van der Waals surface area contributed by atoms with Gasteiger partial charge in [0.1, 0.15) is 12.1 Å². The third kappa shape index (κ3) is 2.63. The van der Waals surface area contributed by atoms with Gasteiger partial charge < -0.3 is 5.32 Å². The molecular weight excluding hydrogens is 258 g/mol. The molecule has 0 saturated carbocycles. The van der Waals surface area contributed by atoms with Crippen molar-refractivity contribution >= 4 is 28.5 Å². The Morgan fingerprint density at radius 3 is 2.67 bits per heavy atom. The summed E-state index contributed by atoms with van der Waals surface area (Å²) in [6, 6.07) is 12.3. The summed E-state index contributed by atoms with van der Waals surface area (Å²) in [4.78, 5) is 8.73. The summed E-state index contributed by atoms with van der Waals surface area (Å²) in [6.45, 7) is 7.99. The fourth-order valence-corrected chi connectivity index (χ4v) is 2.30. The van der Waals surface area contributed by atoms with Gasteiger partial charge in [0, 0.05) is 11.1 Å². The number of hydrogen-bond acceptors (Lipinski definition) is 3. The summed E-state index contributed by atoms with van der Waals surface area (Å²) in [6.07, 6.45) is 3.42. The third-order valence-electron chi connectivity index (χ3n) is 3.64. The molecule has 0 saturated heterocycles. The van der Waals surface area contributed by atoms with Crippen molar-refractivity contribution in [2.24, 2.45) is 0 Å². The number of nitrogens with one attached hydrogen (secondary N) is 1. The minimum Gasteiger partial charge on any atom is -0.340 e. The SMILES string of the molecule is C=Cc1cccc(Nc2ncnc3cc(C)c(C)cc23)c1. The highest BCUT2D eigenvalue weighted by molar-refractivity contribution is 5.91. The lowest BCUT2D eigenvalue weighted by Crippen LogP contribution is -1.97. The topological polar surface area (TPSA) is 37.8 Å². The van der Waals surface area contributed by atoms with E-state index >= 15 is 0 Å². The second kappa shape index (κ2) is 5.37. The van der Waals surface area contributed by atoms with Crippen LogP contribution in [-0.2, 0) is 0 Å². The zero-order valence-electron chi connectivity index (χ0n) is 12.2. The van der Waals surface area contributed by atoms with Crippen LogP contribution in [0, 0.1) is 13.8 Å². The molecule has 1 heterocycles. The molecule has 1 N–H and O–H groups in total. The molecule has 0 atom stereocenters. The van der Waals surface area contributed by atoms with Gasteiger partial charge in [-0.2, -0.15) is 0 Å². The normalized spacial score (nSPS) is 10.6. The Labute approximate surface area is 124 Å². The lowest BCUT2D eigenvalue weighted by Gasteiger charge is -2.10. The van der Waals surface area contributed by atoms with Gasteiger partial charge in [0.25, 0.3) is 0 Å². The van der Waals surface area contributed by atoms with Crippen molar-refractivity contribution < 1.29 is 0 Å². The van der Waals surface area contributed by atoms with Gasteiger partial charge in [-0.1, -0.05) is 24.8 Å². The number of anilines is 2. The first kappa shape index (κ1) is 13.3. The van der Waals surface area contributed by atoms with E-state index in [4.69, 9.17) is 0 Å². The number of aryl methyl sites for hydroxylation is 2. The molecule has 0 amide bonds. The van der Waals surface area contributed by atoms with Crippen molar-refractivity contribution in [3.63, 3.8) is 0 Å². The van der Waals surface area contributed by atoms with Gasteiger partial charge >= 0.3 is 0 Å². The van der Waals surface area contributed by atoms with Crippen LogP contribution in [0.5, 0.6) is 0 Å². The van der Waals surface area contributed by atoms with Crippen molar-refractivity contribution in [1.29, 1.82) is 0 Å². The maximum Gasteiger partial charge on any atom is 0.141 e. The van der Waals surface area contributed by atoms with E-state index in [0.29, 0.717) is 0 Å². The highest BCUT2D eigenvalue weighted by Crippen LogP contribution is 2.26. The Kier molecular flexibility index (Phi) is 3.40. The first-order valence-corrected chi connectivity index (χ1v) is 6.89. The van der Waals surface area contributed by atoms with Gasteiger partial charge in [0.2, 0.25) is 0 Å². The van der Waals surface area contributed by atoms with Gasteiger partial charge in [-0.25, -0.2) is 9.97 Å². The molecule has 1 aromatic heterocycles. The number of nitrogens with zero attached hydrogens (tertiary/aromatic N) is 2. The number of rotatable bonds is 3. The zero-order valence-corrected chi connectivity index (χ0v) is 12.2. The van der Waals surface area contributed by atoms with E-state index in [1.807, 2.05) is 30.3 Å². The van der Waals surface area contributed by atoms with Crippen LogP contribution < -0.4 is 5.32 Å². The number of benzene rings is 2. The maximum atomic E-state index is 4.38. The van der Waals surface area contributed by atoms with Gasteiger partial charge in [-0.05, 0) is 54.8 Å². The summed E-state index contributed by atoms with van der Waals surface area (Å²) in [5.74, 6) is 0.823. The molecule has 2 aromatic carbocycles. The predicted molar refractivity (Wildman–Crippen MR) is 88.8 cm³/mol. The third-order valence-corrected chi connectivity index (χ3v) is 3.64. The second-order valence-corrected chi connectivity index (χ2v) is 5.13. The highest BCUT2D eigenvalue weighted by Gasteiger charge is 2.06. The molecule has 104 valence electrons. The Hall–Kier alpha value is -2.68. The van der Waals surface area contributed by atoms with Gasteiger partial charge in [-0.15, -0.1) is 0 Å². The minimum absolute atomic E-state index is 0.823. The van der Waals surface area contributed by atoms with E-state index in [0.717, 1.165) is 28.0 Å². The molecule has 0 aliphatic rings. The Morgan fingerprint density at radius 2 is 1.86 bits per heavy atom. The number of hydrogen-bond donors (Lipinski definition) is 1. The maximum absolute atomic E-state index is 4.38. The summed E-state index contributed by atoms with van der Waals surface area (Å²) in [7, 11) is 0. The Morgan fingerprint density at radius 1 is 1.05 bits per heavy atom. The second-order valence-electron chi connectivity index (χ2n) is 5.13. The van der Waals surface area contributed by atoms with E-state index < -0.39 is 0 Å². The van der Waals surface area contributed by atoms with Crippen LogP contribution in [0.25, 0.3) is 17.0 Å². The van der Waals surface area contributed by atoms with Crippen LogP contribution >= 0.6 is 0 Å². The van der Waals surface area contributed by atoms with Crippen LogP contribution in [-0.4, -0.2) is 9.97 Å². The number of aromatic nitrogens is 2. The first-order valence-electron chi connectivity index (χ1n) is 6.89. The van der Waals surface area contributed by atoms with Gasteiger partial charge in [-0.3, -0.25) is 0 Å². The predicted octanol–water partition coefficient (Wildman–Crippen LogP) is 4.63. The molecular formula is C18H17N3. The van der Waals surface area contributed by atoms with E-state index in [-0.39, 0.29) is 0 Å². The van der Waals surface area contributed by atoms with Crippen LogP contribution in [0.3, 0.4) is 0 Å². The van der Waals surface area contributed by atoms with E-state index in [1.165, 1.54) is 11.1 Å². The molecule has 0 radical (unpaired) electrons. The van der Waals surface area contributed by atoms with Crippen LogP contribution in [0.2, 0.25) is 0 Å². The summed E-state index contributed by atoms with van der Waals surface area (Å²) >= 11 is 0. The van der Waals surface area contributed by atoms with Gasteiger partial charge in [0.05, 0.1) is 5.52 Å². The van der Waals surface area contributed by atoms with Crippen LogP contribution in [0.4, 0.5) is 11.5 Å². The van der Waals surface area contributed by atoms with Crippen LogP contribution in [0.15, 0.2) is 49.3 Å². The molecule has 3 heteroatoms. The molecule has 0 aliphatic heterocycles. The van der Waals surface area contributed by atoms with Crippen molar-refractivity contribution in [2.75, 3.05) is 5.32 Å². The number of fused-ring (bicyclic) bond motifs is 1. The molecule has 0 bridgehead atoms. The molecule has 0 aliphatic carbocycles.